The van der Waals surface area contributed by atoms with Gasteiger partial charge in [-0.3, -0.25) is 9.39 Å². The molecule has 0 spiro atoms. The summed E-state index contributed by atoms with van der Waals surface area (Å²) in [5.41, 5.74) is 0.896. The molecule has 0 aliphatic heterocycles. The van der Waals surface area contributed by atoms with Crippen LogP contribution < -0.4 is 10.6 Å². The molecule has 0 aromatic carbocycles. The van der Waals surface area contributed by atoms with Crippen LogP contribution in [-0.2, 0) is 6.42 Å². The largest absolute Gasteiger partial charge is 0.357 e. The molecule has 0 aliphatic rings. The second-order valence-corrected chi connectivity index (χ2v) is 5.81. The molecule has 2 heterocycles. The van der Waals surface area contributed by atoms with Gasteiger partial charge in [0.05, 0.1) is 0 Å². The third-order valence-electron chi connectivity index (χ3n) is 3.16. The lowest BCUT2D eigenvalue weighted by Crippen LogP contribution is -2.38. The van der Waals surface area contributed by atoms with Crippen molar-refractivity contribution in [2.75, 3.05) is 31.6 Å². The van der Waals surface area contributed by atoms with E-state index in [4.69, 9.17) is 0 Å². The van der Waals surface area contributed by atoms with Crippen molar-refractivity contribution in [1.82, 2.24) is 25.2 Å². The fourth-order valence-electron chi connectivity index (χ4n) is 2.10. The SMILES string of the molecule is CCNC(=NCCCc1nnc2ccccn12)NCCSC. The molecule has 2 aromatic heterocycles. The number of hydrogen-bond donors (Lipinski definition) is 2. The summed E-state index contributed by atoms with van der Waals surface area (Å²) in [6.45, 7) is 4.66. The zero-order valence-corrected chi connectivity index (χ0v) is 14.1. The molecule has 2 rings (SSSR count). The van der Waals surface area contributed by atoms with E-state index >= 15 is 0 Å². The smallest absolute Gasteiger partial charge is 0.191 e. The Morgan fingerprint density at radius 2 is 2.23 bits per heavy atom. The van der Waals surface area contributed by atoms with E-state index in [2.05, 4.69) is 39.0 Å². The predicted molar refractivity (Wildman–Crippen MR) is 93.7 cm³/mol. The van der Waals surface area contributed by atoms with Gasteiger partial charge in [0.1, 0.15) is 5.82 Å². The van der Waals surface area contributed by atoms with Gasteiger partial charge in [0.15, 0.2) is 11.6 Å². The number of aliphatic imine (C=N–C) groups is 1. The second kappa shape index (κ2) is 9.30. The van der Waals surface area contributed by atoms with E-state index < -0.39 is 0 Å². The van der Waals surface area contributed by atoms with Crippen LogP contribution in [0.5, 0.6) is 0 Å². The first kappa shape index (κ1) is 16.6. The molecule has 0 aliphatic carbocycles. The minimum Gasteiger partial charge on any atom is -0.357 e. The van der Waals surface area contributed by atoms with Gasteiger partial charge in [0.25, 0.3) is 0 Å². The molecule has 22 heavy (non-hydrogen) atoms. The second-order valence-electron chi connectivity index (χ2n) is 4.83. The lowest BCUT2D eigenvalue weighted by molar-refractivity contribution is 0.757. The van der Waals surface area contributed by atoms with Crippen LogP contribution in [0.2, 0.25) is 0 Å². The van der Waals surface area contributed by atoms with E-state index in [1.165, 1.54) is 0 Å². The van der Waals surface area contributed by atoms with Gasteiger partial charge in [-0.2, -0.15) is 11.8 Å². The normalized spacial score (nSPS) is 11.8. The van der Waals surface area contributed by atoms with Crippen LogP contribution in [0.25, 0.3) is 5.65 Å². The van der Waals surface area contributed by atoms with Crippen LogP contribution in [-0.4, -0.2) is 52.2 Å². The van der Waals surface area contributed by atoms with E-state index in [1.807, 2.05) is 40.6 Å². The van der Waals surface area contributed by atoms with Crippen molar-refractivity contribution in [2.24, 2.45) is 4.99 Å². The molecule has 7 heteroatoms. The van der Waals surface area contributed by atoms with Crippen molar-refractivity contribution in [1.29, 1.82) is 0 Å². The van der Waals surface area contributed by atoms with Crippen LogP contribution in [0.1, 0.15) is 19.2 Å². The fraction of sp³-hybridized carbons (Fsp3) is 0.533. The Labute approximate surface area is 135 Å². The van der Waals surface area contributed by atoms with Gasteiger partial charge >= 0.3 is 0 Å². The number of fused-ring (bicyclic) bond motifs is 1. The molecule has 0 saturated heterocycles. The van der Waals surface area contributed by atoms with Gasteiger partial charge in [0.2, 0.25) is 0 Å². The third kappa shape index (κ3) is 4.91. The average Bonchev–Trinajstić information content (AvgIpc) is 2.95. The highest BCUT2D eigenvalue weighted by Gasteiger charge is 2.03. The Morgan fingerprint density at radius 1 is 1.32 bits per heavy atom. The average molecular weight is 320 g/mol. The number of thioether (sulfide) groups is 1. The minimum atomic E-state index is 0.774. The van der Waals surface area contributed by atoms with Crippen molar-refractivity contribution >= 4 is 23.4 Å². The van der Waals surface area contributed by atoms with Crippen LogP contribution in [0.15, 0.2) is 29.4 Å². The zero-order valence-electron chi connectivity index (χ0n) is 13.2. The van der Waals surface area contributed by atoms with E-state index in [0.717, 1.165) is 55.7 Å². The molecule has 120 valence electrons. The standard InChI is InChI=1S/C15H24N6S/c1-3-16-15(18-10-12-22-2)17-9-6-8-14-20-19-13-7-4-5-11-21(13)14/h4-5,7,11H,3,6,8-10,12H2,1-2H3,(H2,16,17,18). The van der Waals surface area contributed by atoms with Crippen molar-refractivity contribution in [3.63, 3.8) is 0 Å². The Bertz CT molecular complexity index is 594. The van der Waals surface area contributed by atoms with Crippen molar-refractivity contribution < 1.29 is 0 Å². The highest BCUT2D eigenvalue weighted by atomic mass is 32.2. The van der Waals surface area contributed by atoms with Gasteiger partial charge in [0, 0.05) is 38.0 Å². The molecule has 0 unspecified atom stereocenters. The minimum absolute atomic E-state index is 0.774. The molecule has 0 amide bonds. The summed E-state index contributed by atoms with van der Waals surface area (Å²) in [6, 6.07) is 5.94. The maximum absolute atomic E-state index is 4.59. The summed E-state index contributed by atoms with van der Waals surface area (Å²) in [5, 5.41) is 15.0. The number of nitrogens with one attached hydrogen (secondary N) is 2. The first-order valence-corrected chi connectivity index (χ1v) is 9.04. The highest BCUT2D eigenvalue weighted by molar-refractivity contribution is 7.98. The lowest BCUT2D eigenvalue weighted by Gasteiger charge is -2.10. The number of pyridine rings is 1. The number of hydrogen-bond acceptors (Lipinski definition) is 4. The fourth-order valence-corrected chi connectivity index (χ4v) is 2.41. The molecular weight excluding hydrogens is 296 g/mol. The first-order valence-electron chi connectivity index (χ1n) is 7.65. The van der Waals surface area contributed by atoms with Crippen molar-refractivity contribution in [2.45, 2.75) is 19.8 Å². The maximum Gasteiger partial charge on any atom is 0.191 e. The number of nitrogens with zero attached hydrogens (tertiary/aromatic N) is 4. The maximum atomic E-state index is 4.59. The quantitative estimate of drug-likeness (QED) is 0.439. The van der Waals surface area contributed by atoms with Gasteiger partial charge in [-0.05, 0) is 31.7 Å². The Hall–Kier alpha value is -1.76. The Morgan fingerprint density at radius 3 is 3.05 bits per heavy atom. The van der Waals surface area contributed by atoms with E-state index in [0.29, 0.717) is 0 Å². The van der Waals surface area contributed by atoms with Gasteiger partial charge in [-0.1, -0.05) is 6.07 Å². The topological polar surface area (TPSA) is 66.6 Å². The van der Waals surface area contributed by atoms with Gasteiger partial charge < -0.3 is 10.6 Å². The summed E-state index contributed by atoms with van der Waals surface area (Å²) < 4.78 is 2.03. The number of rotatable bonds is 8. The van der Waals surface area contributed by atoms with Gasteiger partial charge in [-0.15, -0.1) is 10.2 Å². The summed E-state index contributed by atoms with van der Waals surface area (Å²) in [7, 11) is 0. The molecule has 0 bridgehead atoms. The van der Waals surface area contributed by atoms with Crippen LogP contribution in [0, 0.1) is 0 Å². The molecule has 2 aromatic rings. The predicted octanol–water partition coefficient (Wildman–Crippen LogP) is 1.58. The molecular formula is C15H24N6S. The van der Waals surface area contributed by atoms with E-state index in [1.54, 1.807) is 0 Å². The van der Waals surface area contributed by atoms with E-state index in [-0.39, 0.29) is 0 Å². The zero-order chi connectivity index (χ0) is 15.6. The summed E-state index contributed by atoms with van der Waals surface area (Å²) in [5.74, 6) is 2.96. The number of guanidine groups is 1. The molecule has 0 fully saturated rings. The highest BCUT2D eigenvalue weighted by Crippen LogP contribution is 2.05. The van der Waals surface area contributed by atoms with Crippen LogP contribution in [0.4, 0.5) is 0 Å². The third-order valence-corrected chi connectivity index (χ3v) is 3.77. The Balaban J connectivity index is 1.82. The molecule has 0 atom stereocenters. The molecule has 2 N–H and O–H groups in total. The van der Waals surface area contributed by atoms with Crippen molar-refractivity contribution in [3.05, 3.63) is 30.2 Å². The van der Waals surface area contributed by atoms with Gasteiger partial charge in [-0.25, -0.2) is 0 Å². The van der Waals surface area contributed by atoms with E-state index in [9.17, 15) is 0 Å². The molecule has 0 radical (unpaired) electrons. The molecule has 0 saturated carbocycles. The summed E-state index contributed by atoms with van der Waals surface area (Å²) in [4.78, 5) is 4.59. The summed E-state index contributed by atoms with van der Waals surface area (Å²) in [6.07, 6.45) is 5.93. The van der Waals surface area contributed by atoms with Crippen molar-refractivity contribution in [3.8, 4) is 0 Å². The first-order chi connectivity index (χ1) is 10.8. The lowest BCUT2D eigenvalue weighted by atomic mass is 10.3. The number of aromatic nitrogens is 3. The van der Waals surface area contributed by atoms with Crippen LogP contribution >= 0.6 is 11.8 Å². The summed E-state index contributed by atoms with van der Waals surface area (Å²) >= 11 is 1.83. The number of aryl methyl sites for hydroxylation is 1. The monoisotopic (exact) mass is 320 g/mol. The van der Waals surface area contributed by atoms with Crippen LogP contribution in [0.3, 0.4) is 0 Å². The molecule has 6 nitrogen and oxygen atoms in total. The Kier molecular flexibility index (Phi) is 7.02.